The summed E-state index contributed by atoms with van der Waals surface area (Å²) in [4.78, 5) is 13.2. The van der Waals surface area contributed by atoms with E-state index < -0.39 is 6.29 Å². The van der Waals surface area contributed by atoms with Gasteiger partial charge in [-0.2, -0.15) is 0 Å². The molecule has 7 nitrogen and oxygen atoms in total. The lowest BCUT2D eigenvalue weighted by atomic mass is 9.81. The first kappa shape index (κ1) is 25.2. The Morgan fingerprint density at radius 2 is 1.88 bits per heavy atom. The van der Waals surface area contributed by atoms with Crippen LogP contribution in [0.1, 0.15) is 50.5 Å². The molecule has 4 rings (SSSR count). The fourth-order valence-corrected chi connectivity index (χ4v) is 5.76. The van der Waals surface area contributed by atoms with Crippen LogP contribution in [0.25, 0.3) is 0 Å². The van der Waals surface area contributed by atoms with E-state index in [1.54, 1.807) is 0 Å². The van der Waals surface area contributed by atoms with Crippen LogP contribution in [0.4, 0.5) is 0 Å². The van der Waals surface area contributed by atoms with E-state index in [0.29, 0.717) is 44.7 Å². The quantitative estimate of drug-likeness (QED) is 0.427. The number of fused-ring (bicyclic) bond motifs is 2. The Bertz CT molecular complexity index is 800. The molecule has 6 unspecified atom stereocenters. The van der Waals surface area contributed by atoms with Gasteiger partial charge in [-0.25, -0.2) is 0 Å². The van der Waals surface area contributed by atoms with Crippen LogP contribution in [0.5, 0.6) is 0 Å². The first-order chi connectivity index (χ1) is 16.7. The summed E-state index contributed by atoms with van der Waals surface area (Å²) in [5.74, 6) is 1.62. The topological polar surface area (TPSA) is 86.3 Å². The lowest BCUT2D eigenvalue weighted by Gasteiger charge is -2.37. The molecular formula is C27H39NO6. The average molecular weight is 474 g/mol. The number of carbonyl (C=O) groups is 1. The first-order valence-electron chi connectivity index (χ1n) is 12.8. The van der Waals surface area contributed by atoms with Gasteiger partial charge in [0.15, 0.2) is 5.76 Å². The molecule has 0 aromatic heterocycles. The number of allylic oxidation sites excluding steroid dienone is 1. The molecule has 3 aliphatic rings. The summed E-state index contributed by atoms with van der Waals surface area (Å²) >= 11 is 0. The molecule has 188 valence electrons. The Labute approximate surface area is 202 Å². The zero-order valence-electron chi connectivity index (χ0n) is 20.2. The summed E-state index contributed by atoms with van der Waals surface area (Å²) in [6.07, 6.45) is 7.03. The lowest BCUT2D eigenvalue weighted by molar-refractivity contribution is -0.168. The second kappa shape index (κ2) is 12.7. The van der Waals surface area contributed by atoms with E-state index in [2.05, 4.69) is 17.4 Å². The molecule has 1 aliphatic heterocycles. The highest BCUT2D eigenvalue weighted by Gasteiger charge is 2.42. The van der Waals surface area contributed by atoms with Crippen LogP contribution in [0, 0.1) is 17.8 Å². The van der Waals surface area contributed by atoms with Crippen molar-refractivity contribution in [1.82, 2.24) is 5.32 Å². The summed E-state index contributed by atoms with van der Waals surface area (Å²) in [5, 5.41) is 12.1. The maximum Gasteiger partial charge on any atom is 0.286 e. The highest BCUT2D eigenvalue weighted by molar-refractivity contribution is 5.92. The molecule has 2 aliphatic carbocycles. The molecule has 1 aromatic rings. The van der Waals surface area contributed by atoms with Crippen molar-refractivity contribution in [2.75, 3.05) is 39.6 Å². The Morgan fingerprint density at radius 3 is 2.56 bits per heavy atom. The van der Waals surface area contributed by atoms with Crippen LogP contribution >= 0.6 is 0 Å². The number of aliphatic hydroxyl groups excluding tert-OH is 1. The number of nitrogens with one attached hydrogen (secondary N) is 1. The largest absolute Gasteiger partial charge is 0.459 e. The molecule has 2 bridgehead atoms. The Morgan fingerprint density at radius 1 is 1.09 bits per heavy atom. The third-order valence-electron chi connectivity index (χ3n) is 7.38. The van der Waals surface area contributed by atoms with Gasteiger partial charge in [-0.3, -0.25) is 4.79 Å². The van der Waals surface area contributed by atoms with Crippen LogP contribution < -0.4 is 5.32 Å². The summed E-state index contributed by atoms with van der Waals surface area (Å²) in [5.41, 5.74) is 1.14. The van der Waals surface area contributed by atoms with Gasteiger partial charge in [0.25, 0.3) is 5.91 Å². The molecule has 1 heterocycles. The van der Waals surface area contributed by atoms with Gasteiger partial charge in [0, 0.05) is 31.1 Å². The van der Waals surface area contributed by atoms with Crippen molar-refractivity contribution < 1.29 is 28.8 Å². The maximum absolute atomic E-state index is 13.2. The minimum atomic E-state index is -0.518. The predicted molar refractivity (Wildman–Crippen MR) is 128 cm³/mol. The second-order valence-electron chi connectivity index (χ2n) is 9.56. The summed E-state index contributed by atoms with van der Waals surface area (Å²) in [6, 6.07) is 10.5. The van der Waals surface area contributed by atoms with Crippen LogP contribution in [0.15, 0.2) is 42.2 Å². The van der Waals surface area contributed by atoms with Gasteiger partial charge in [0.2, 0.25) is 6.29 Å². The minimum absolute atomic E-state index is 0.0123. The molecule has 2 fully saturated rings. The van der Waals surface area contributed by atoms with E-state index >= 15 is 0 Å². The highest BCUT2D eigenvalue weighted by Crippen LogP contribution is 2.45. The second-order valence-corrected chi connectivity index (χ2v) is 9.56. The molecule has 0 saturated heterocycles. The fraction of sp³-hybridized carbons (Fsp3) is 0.667. The number of rotatable bonds is 13. The summed E-state index contributed by atoms with van der Waals surface area (Å²) in [6.45, 7) is 4.23. The van der Waals surface area contributed by atoms with Crippen LogP contribution in [-0.2, 0) is 23.7 Å². The molecule has 0 spiro atoms. The number of hydrogen-bond donors (Lipinski definition) is 2. The van der Waals surface area contributed by atoms with Gasteiger partial charge in [-0.15, -0.1) is 0 Å². The molecule has 2 saturated carbocycles. The molecule has 7 heteroatoms. The molecule has 34 heavy (non-hydrogen) atoms. The van der Waals surface area contributed by atoms with Gasteiger partial charge in [-0.1, -0.05) is 36.8 Å². The molecular weight excluding hydrogens is 434 g/mol. The number of amides is 1. The van der Waals surface area contributed by atoms with Crippen LogP contribution in [0.2, 0.25) is 0 Å². The molecule has 1 amide bonds. The highest BCUT2D eigenvalue weighted by atomic mass is 16.7. The first-order valence-corrected chi connectivity index (χ1v) is 12.8. The van der Waals surface area contributed by atoms with Crippen molar-refractivity contribution in [3.8, 4) is 0 Å². The normalized spacial score (nSPS) is 30.1. The van der Waals surface area contributed by atoms with Gasteiger partial charge in [-0.05, 0) is 56.1 Å². The number of ether oxygens (including phenoxy) is 4. The SMILES string of the molecule is CCOC1OC(C(=O)NC2CC3CCC2C3)=CC(c2ccccc2)C1CCOCCOCCO. The fourth-order valence-electron chi connectivity index (χ4n) is 5.76. The van der Waals surface area contributed by atoms with E-state index in [4.69, 9.17) is 24.1 Å². The summed E-state index contributed by atoms with van der Waals surface area (Å²) in [7, 11) is 0. The van der Waals surface area contributed by atoms with Gasteiger partial charge in [0.05, 0.1) is 26.4 Å². The molecule has 2 N–H and O–H groups in total. The number of carbonyl (C=O) groups excluding carboxylic acids is 1. The van der Waals surface area contributed by atoms with Crippen molar-refractivity contribution in [2.24, 2.45) is 17.8 Å². The molecule has 1 aromatic carbocycles. The van der Waals surface area contributed by atoms with E-state index in [1.165, 1.54) is 19.3 Å². The smallest absolute Gasteiger partial charge is 0.286 e. The van der Waals surface area contributed by atoms with Crippen molar-refractivity contribution >= 4 is 5.91 Å². The van der Waals surface area contributed by atoms with Gasteiger partial charge < -0.3 is 29.4 Å². The van der Waals surface area contributed by atoms with Crippen molar-refractivity contribution in [3.05, 3.63) is 47.7 Å². The van der Waals surface area contributed by atoms with Crippen molar-refractivity contribution in [2.45, 2.75) is 57.3 Å². The third-order valence-corrected chi connectivity index (χ3v) is 7.38. The molecule has 0 radical (unpaired) electrons. The summed E-state index contributed by atoms with van der Waals surface area (Å²) < 4.78 is 23.2. The third kappa shape index (κ3) is 6.39. The zero-order chi connectivity index (χ0) is 23.8. The zero-order valence-corrected chi connectivity index (χ0v) is 20.2. The Hall–Kier alpha value is -1.93. The van der Waals surface area contributed by atoms with E-state index in [-0.39, 0.29) is 30.4 Å². The van der Waals surface area contributed by atoms with Gasteiger partial charge in [0.1, 0.15) is 0 Å². The average Bonchev–Trinajstić information content (AvgIpc) is 3.48. The number of aliphatic hydroxyl groups is 1. The Balaban J connectivity index is 1.44. The predicted octanol–water partition coefficient (Wildman–Crippen LogP) is 3.38. The van der Waals surface area contributed by atoms with Crippen molar-refractivity contribution in [1.29, 1.82) is 0 Å². The lowest BCUT2D eigenvalue weighted by Crippen LogP contribution is -2.43. The number of hydrogen-bond acceptors (Lipinski definition) is 6. The number of benzene rings is 1. The monoisotopic (exact) mass is 473 g/mol. The van der Waals surface area contributed by atoms with E-state index in [9.17, 15) is 4.79 Å². The van der Waals surface area contributed by atoms with Crippen LogP contribution in [0.3, 0.4) is 0 Å². The Kier molecular flexibility index (Phi) is 9.39. The molecule has 6 atom stereocenters. The van der Waals surface area contributed by atoms with Gasteiger partial charge >= 0.3 is 0 Å². The van der Waals surface area contributed by atoms with Crippen LogP contribution in [-0.4, -0.2) is 63.0 Å². The standard InChI is InChI=1S/C27H39NO6/c1-2-33-27-22(10-12-31-14-15-32-13-11-29)23(20-6-4-3-5-7-20)18-25(34-27)26(30)28-24-17-19-8-9-21(24)16-19/h3-7,18-19,21-24,27,29H,2,8-17H2,1H3,(H,28,30). The van der Waals surface area contributed by atoms with E-state index in [0.717, 1.165) is 24.3 Å². The van der Waals surface area contributed by atoms with E-state index in [1.807, 2.05) is 31.2 Å². The maximum atomic E-state index is 13.2. The van der Waals surface area contributed by atoms with Crippen molar-refractivity contribution in [3.63, 3.8) is 0 Å². The minimum Gasteiger partial charge on any atom is -0.459 e.